The largest absolute Gasteiger partial charge is 0.456 e. The molecule has 0 unspecified atom stereocenters. The summed E-state index contributed by atoms with van der Waals surface area (Å²) in [7, 11) is 0. The van der Waals surface area contributed by atoms with Crippen molar-refractivity contribution in [2.75, 3.05) is 0 Å². The summed E-state index contributed by atoms with van der Waals surface area (Å²) < 4.78 is 17.4. The average Bonchev–Trinajstić information content (AvgIpc) is 4.02. The Balaban J connectivity index is 0.930. The number of fused-ring (bicyclic) bond motifs is 12. The maximum atomic E-state index is 6.40. The fourth-order valence-corrected chi connectivity index (χ4v) is 9.44. The van der Waals surface area contributed by atoms with Gasteiger partial charge >= 0.3 is 0 Å². The first-order chi connectivity index (χ1) is 28.7. The Hall–Kier alpha value is -7.82. The van der Waals surface area contributed by atoms with Crippen LogP contribution in [-0.2, 0) is 0 Å². The zero-order chi connectivity index (χ0) is 37.9. The van der Waals surface area contributed by atoms with Gasteiger partial charge in [-0.1, -0.05) is 103 Å². The standard InChI is InChI=1S/C54H32N2O2/c1-2-12-37(13-3-1)55-47-18-7-4-15-39(47)42-28-34(21-24-49(42)55)35-22-25-50-43(29-35)40-16-5-8-19-48(40)56(50)38-14-10-11-33(27-38)36-23-26-52-44(30-36)46-32-53-45(31-54(46)58-52)41-17-6-9-20-51(41)57-53/h1-32H. The smallest absolute Gasteiger partial charge is 0.136 e. The molecule has 13 aromatic rings. The van der Waals surface area contributed by atoms with Gasteiger partial charge in [0, 0.05) is 54.5 Å². The van der Waals surface area contributed by atoms with Gasteiger partial charge in [-0.3, -0.25) is 0 Å². The molecule has 0 amide bonds. The van der Waals surface area contributed by atoms with Crippen LogP contribution in [0.2, 0.25) is 0 Å². The molecule has 0 atom stereocenters. The number of hydrogen-bond acceptors (Lipinski definition) is 2. The van der Waals surface area contributed by atoms with Gasteiger partial charge in [-0.15, -0.1) is 0 Å². The van der Waals surface area contributed by atoms with Gasteiger partial charge in [0.05, 0.1) is 22.1 Å². The lowest BCUT2D eigenvalue weighted by Gasteiger charge is -2.11. The van der Waals surface area contributed by atoms with Crippen molar-refractivity contribution in [2.24, 2.45) is 0 Å². The Kier molecular flexibility index (Phi) is 6.41. The Morgan fingerprint density at radius 3 is 1.36 bits per heavy atom. The minimum Gasteiger partial charge on any atom is -0.456 e. The first-order valence-electron chi connectivity index (χ1n) is 19.7. The van der Waals surface area contributed by atoms with Crippen LogP contribution in [0.15, 0.2) is 203 Å². The predicted octanol–water partition coefficient (Wildman–Crippen LogP) is 15.0. The summed E-state index contributed by atoms with van der Waals surface area (Å²) in [6, 6.07) is 69.7. The molecule has 4 nitrogen and oxygen atoms in total. The summed E-state index contributed by atoms with van der Waals surface area (Å²) in [5.41, 5.74) is 15.2. The van der Waals surface area contributed by atoms with E-state index >= 15 is 0 Å². The highest BCUT2D eigenvalue weighted by molar-refractivity contribution is 6.16. The lowest BCUT2D eigenvalue weighted by molar-refractivity contribution is 0.664. The molecule has 0 fully saturated rings. The second kappa shape index (κ2) is 11.8. The zero-order valence-electron chi connectivity index (χ0n) is 31.2. The van der Waals surface area contributed by atoms with Crippen LogP contribution in [0.25, 0.3) is 121 Å². The first-order valence-corrected chi connectivity index (χ1v) is 19.7. The lowest BCUT2D eigenvalue weighted by Crippen LogP contribution is -1.94. The third kappa shape index (κ3) is 4.51. The number of hydrogen-bond donors (Lipinski definition) is 0. The molecule has 0 aliphatic rings. The number of benzene rings is 9. The van der Waals surface area contributed by atoms with Crippen molar-refractivity contribution < 1.29 is 8.83 Å². The molecular weight excluding hydrogens is 709 g/mol. The minimum absolute atomic E-state index is 0.864. The van der Waals surface area contributed by atoms with Crippen LogP contribution in [0.4, 0.5) is 0 Å². The van der Waals surface area contributed by atoms with E-state index in [2.05, 4.69) is 185 Å². The molecular formula is C54H32N2O2. The minimum atomic E-state index is 0.864. The van der Waals surface area contributed by atoms with Crippen LogP contribution in [0.3, 0.4) is 0 Å². The van der Waals surface area contributed by atoms with Gasteiger partial charge in [0.25, 0.3) is 0 Å². The second-order valence-electron chi connectivity index (χ2n) is 15.3. The Labute approximate surface area is 332 Å². The summed E-state index contributed by atoms with van der Waals surface area (Å²) >= 11 is 0. The summed E-state index contributed by atoms with van der Waals surface area (Å²) in [6.45, 7) is 0. The van der Waals surface area contributed by atoms with E-state index in [0.717, 1.165) is 60.7 Å². The molecule has 9 aromatic carbocycles. The normalized spacial score (nSPS) is 12.1. The highest BCUT2D eigenvalue weighted by Gasteiger charge is 2.18. The summed E-state index contributed by atoms with van der Waals surface area (Å²) in [6.07, 6.45) is 0. The summed E-state index contributed by atoms with van der Waals surface area (Å²) in [4.78, 5) is 0. The van der Waals surface area contributed by atoms with Crippen LogP contribution < -0.4 is 0 Å². The molecule has 58 heavy (non-hydrogen) atoms. The van der Waals surface area contributed by atoms with Gasteiger partial charge in [0.1, 0.15) is 22.3 Å². The molecule has 0 N–H and O–H groups in total. The van der Waals surface area contributed by atoms with Gasteiger partial charge in [0.15, 0.2) is 0 Å². The molecule has 4 aromatic heterocycles. The highest BCUT2D eigenvalue weighted by Crippen LogP contribution is 2.41. The molecule has 0 saturated carbocycles. The van der Waals surface area contributed by atoms with Crippen molar-refractivity contribution in [1.29, 1.82) is 0 Å². The number of furan rings is 2. The molecule has 0 bridgehead atoms. The van der Waals surface area contributed by atoms with Crippen LogP contribution in [0.5, 0.6) is 0 Å². The van der Waals surface area contributed by atoms with E-state index in [4.69, 9.17) is 8.83 Å². The van der Waals surface area contributed by atoms with Crippen LogP contribution >= 0.6 is 0 Å². The monoisotopic (exact) mass is 740 g/mol. The lowest BCUT2D eigenvalue weighted by atomic mass is 10.0. The van der Waals surface area contributed by atoms with Gasteiger partial charge in [-0.2, -0.15) is 0 Å². The number of para-hydroxylation sites is 4. The molecule has 4 heterocycles. The molecule has 0 aliphatic carbocycles. The zero-order valence-corrected chi connectivity index (χ0v) is 31.2. The quantitative estimate of drug-likeness (QED) is 0.180. The van der Waals surface area contributed by atoms with Crippen LogP contribution in [-0.4, -0.2) is 9.13 Å². The van der Waals surface area contributed by atoms with E-state index < -0.39 is 0 Å². The van der Waals surface area contributed by atoms with Crippen molar-refractivity contribution in [3.63, 3.8) is 0 Å². The van der Waals surface area contributed by atoms with Crippen molar-refractivity contribution in [2.45, 2.75) is 0 Å². The third-order valence-corrected chi connectivity index (χ3v) is 12.1. The predicted molar refractivity (Wildman–Crippen MR) is 241 cm³/mol. The van der Waals surface area contributed by atoms with E-state index in [9.17, 15) is 0 Å². The summed E-state index contributed by atoms with van der Waals surface area (Å²) in [5, 5.41) is 9.27. The van der Waals surface area contributed by atoms with E-state index in [0.29, 0.717) is 0 Å². The highest BCUT2D eigenvalue weighted by atomic mass is 16.3. The molecule has 0 saturated heterocycles. The number of rotatable bonds is 4. The second-order valence-corrected chi connectivity index (χ2v) is 15.3. The average molecular weight is 741 g/mol. The van der Waals surface area contributed by atoms with Crippen LogP contribution in [0.1, 0.15) is 0 Å². The molecule has 0 spiro atoms. The van der Waals surface area contributed by atoms with Crippen molar-refractivity contribution in [3.05, 3.63) is 194 Å². The van der Waals surface area contributed by atoms with E-state index in [1.165, 1.54) is 60.4 Å². The Morgan fingerprint density at radius 2 is 0.690 bits per heavy atom. The maximum absolute atomic E-state index is 6.40. The molecule has 0 aliphatic heterocycles. The fraction of sp³-hybridized carbons (Fsp3) is 0. The number of nitrogens with zero attached hydrogens (tertiary/aromatic N) is 2. The summed E-state index contributed by atoms with van der Waals surface area (Å²) in [5.74, 6) is 0. The Bertz CT molecular complexity index is 3800. The van der Waals surface area contributed by atoms with Crippen molar-refractivity contribution in [1.82, 2.24) is 9.13 Å². The van der Waals surface area contributed by atoms with E-state index in [-0.39, 0.29) is 0 Å². The molecule has 4 heteroatoms. The van der Waals surface area contributed by atoms with Crippen molar-refractivity contribution >= 4 is 87.5 Å². The van der Waals surface area contributed by atoms with Gasteiger partial charge < -0.3 is 18.0 Å². The van der Waals surface area contributed by atoms with Crippen LogP contribution in [0, 0.1) is 0 Å². The molecule has 0 radical (unpaired) electrons. The van der Waals surface area contributed by atoms with E-state index in [1.54, 1.807) is 0 Å². The maximum Gasteiger partial charge on any atom is 0.136 e. The van der Waals surface area contributed by atoms with Crippen molar-refractivity contribution in [3.8, 4) is 33.6 Å². The van der Waals surface area contributed by atoms with Gasteiger partial charge in [-0.25, -0.2) is 0 Å². The van der Waals surface area contributed by atoms with Gasteiger partial charge in [0.2, 0.25) is 0 Å². The van der Waals surface area contributed by atoms with E-state index in [1.807, 2.05) is 18.2 Å². The first kappa shape index (κ1) is 31.4. The Morgan fingerprint density at radius 1 is 0.241 bits per heavy atom. The molecule has 13 rings (SSSR count). The third-order valence-electron chi connectivity index (χ3n) is 12.1. The number of aromatic nitrogens is 2. The topological polar surface area (TPSA) is 36.1 Å². The molecule has 270 valence electrons. The van der Waals surface area contributed by atoms with Gasteiger partial charge in [-0.05, 0) is 113 Å². The fourth-order valence-electron chi connectivity index (χ4n) is 9.44. The SMILES string of the molecule is c1ccc(-n2c3ccccc3c3cc(-c4ccc5c(c4)c4ccccc4n5-c4cccc(-c5ccc6oc7cc8c(cc7c6c5)oc5ccccc58)c4)ccc32)cc1.